The van der Waals surface area contributed by atoms with Gasteiger partial charge >= 0.3 is 0 Å². The van der Waals surface area contributed by atoms with Crippen LogP contribution in [0.3, 0.4) is 0 Å². The highest BCUT2D eigenvalue weighted by atomic mass is 28.4. The summed E-state index contributed by atoms with van der Waals surface area (Å²) < 4.78 is 6.81. The molecular weight excluding hydrogens is 348 g/mol. The van der Waals surface area contributed by atoms with Gasteiger partial charge in [0.1, 0.15) is 0 Å². The molecule has 0 heterocycles. The molecule has 0 aromatic heterocycles. The minimum Gasteiger partial charge on any atom is -0.412 e. The Hall–Kier alpha value is 0.137. The standard InChI is InChI=1S/C24H48O2Si/c1-8-27(9-2,10-3)26-23(5,6)17-11-13-19(4)20-15-16-21-22(25)14-12-18-24(20,21)7/h19-22,25H,8-18H2,1-7H3/t19-,20+,21-,22-,24+/m0/s1. The van der Waals surface area contributed by atoms with Crippen LogP contribution in [0.4, 0.5) is 0 Å². The molecule has 2 aliphatic rings. The van der Waals surface area contributed by atoms with Crippen molar-refractivity contribution in [2.24, 2.45) is 23.2 Å². The molecule has 0 saturated heterocycles. The lowest BCUT2D eigenvalue weighted by atomic mass is 9.61. The monoisotopic (exact) mass is 396 g/mol. The van der Waals surface area contributed by atoms with E-state index >= 15 is 0 Å². The fraction of sp³-hybridized carbons (Fsp3) is 1.00. The first kappa shape index (κ1) is 23.4. The van der Waals surface area contributed by atoms with Crippen LogP contribution in [0, 0.1) is 23.2 Å². The Morgan fingerprint density at radius 3 is 2.33 bits per heavy atom. The minimum absolute atomic E-state index is 0.0249. The van der Waals surface area contributed by atoms with Crippen molar-refractivity contribution in [3.8, 4) is 0 Å². The van der Waals surface area contributed by atoms with Crippen LogP contribution in [0.1, 0.15) is 99.8 Å². The first-order valence-corrected chi connectivity index (χ1v) is 14.5. The van der Waals surface area contributed by atoms with Crippen molar-refractivity contribution in [1.82, 2.24) is 0 Å². The Morgan fingerprint density at radius 2 is 1.74 bits per heavy atom. The zero-order valence-electron chi connectivity index (χ0n) is 19.4. The van der Waals surface area contributed by atoms with Crippen molar-refractivity contribution >= 4 is 8.32 Å². The maximum atomic E-state index is 10.5. The lowest BCUT2D eigenvalue weighted by Crippen LogP contribution is -2.44. The average molecular weight is 397 g/mol. The number of fused-ring (bicyclic) bond motifs is 1. The van der Waals surface area contributed by atoms with Crippen LogP contribution in [-0.4, -0.2) is 25.1 Å². The summed E-state index contributed by atoms with van der Waals surface area (Å²) in [5, 5.41) is 10.5. The normalized spacial score (nSPS) is 33.1. The van der Waals surface area contributed by atoms with E-state index in [0.717, 1.165) is 18.3 Å². The van der Waals surface area contributed by atoms with Crippen molar-refractivity contribution in [3.05, 3.63) is 0 Å². The molecule has 1 N–H and O–H groups in total. The molecule has 2 saturated carbocycles. The quantitative estimate of drug-likeness (QED) is 0.396. The van der Waals surface area contributed by atoms with Gasteiger partial charge in [0.25, 0.3) is 0 Å². The lowest BCUT2D eigenvalue weighted by Gasteiger charge is -2.45. The summed E-state index contributed by atoms with van der Waals surface area (Å²) in [6, 6.07) is 3.72. The maximum absolute atomic E-state index is 10.5. The fourth-order valence-corrected chi connectivity index (χ4v) is 9.99. The largest absolute Gasteiger partial charge is 0.412 e. The zero-order valence-corrected chi connectivity index (χ0v) is 20.4. The van der Waals surface area contributed by atoms with E-state index in [4.69, 9.17) is 4.43 Å². The maximum Gasteiger partial charge on any atom is 0.192 e. The number of rotatable bonds is 10. The van der Waals surface area contributed by atoms with Gasteiger partial charge in [-0.2, -0.15) is 0 Å². The second-order valence-corrected chi connectivity index (χ2v) is 15.4. The Labute approximate surface area is 171 Å². The van der Waals surface area contributed by atoms with Crippen LogP contribution >= 0.6 is 0 Å². The molecule has 0 radical (unpaired) electrons. The van der Waals surface area contributed by atoms with Gasteiger partial charge in [-0.05, 0) is 87.3 Å². The van der Waals surface area contributed by atoms with Crippen molar-refractivity contribution in [1.29, 1.82) is 0 Å². The molecule has 5 atom stereocenters. The minimum atomic E-state index is -1.53. The summed E-state index contributed by atoms with van der Waals surface area (Å²) in [4.78, 5) is 0. The van der Waals surface area contributed by atoms with E-state index in [1.165, 1.54) is 63.1 Å². The fourth-order valence-electron chi connectivity index (χ4n) is 6.78. The topological polar surface area (TPSA) is 29.5 Å². The molecule has 27 heavy (non-hydrogen) atoms. The van der Waals surface area contributed by atoms with Crippen molar-refractivity contribution in [2.75, 3.05) is 0 Å². The summed E-state index contributed by atoms with van der Waals surface area (Å²) in [5.74, 6) is 2.13. The molecule has 3 heteroatoms. The third-order valence-corrected chi connectivity index (χ3v) is 13.6. The van der Waals surface area contributed by atoms with E-state index in [1.807, 2.05) is 0 Å². The number of hydrogen-bond acceptors (Lipinski definition) is 2. The van der Waals surface area contributed by atoms with Gasteiger partial charge in [-0.15, -0.1) is 0 Å². The van der Waals surface area contributed by atoms with Gasteiger partial charge in [-0.1, -0.05) is 53.9 Å². The van der Waals surface area contributed by atoms with E-state index in [0.29, 0.717) is 11.3 Å². The Balaban J connectivity index is 1.87. The molecule has 2 fully saturated rings. The number of aliphatic hydroxyl groups excluding tert-OH is 1. The van der Waals surface area contributed by atoms with Gasteiger partial charge in [-0.25, -0.2) is 0 Å². The van der Waals surface area contributed by atoms with Crippen LogP contribution in [0.25, 0.3) is 0 Å². The second-order valence-electron chi connectivity index (χ2n) is 10.7. The summed E-state index contributed by atoms with van der Waals surface area (Å²) in [6.07, 6.45) is 9.89. The molecule has 2 nitrogen and oxygen atoms in total. The predicted octanol–water partition coefficient (Wildman–Crippen LogP) is 7.17. The van der Waals surface area contributed by atoms with Crippen LogP contribution in [0.15, 0.2) is 0 Å². The average Bonchev–Trinajstić information content (AvgIpc) is 2.98. The summed E-state index contributed by atoms with van der Waals surface area (Å²) in [7, 11) is -1.53. The highest BCUT2D eigenvalue weighted by Crippen LogP contribution is 2.58. The Morgan fingerprint density at radius 1 is 1.11 bits per heavy atom. The molecule has 0 aliphatic heterocycles. The Kier molecular flexibility index (Phi) is 8.07. The first-order valence-electron chi connectivity index (χ1n) is 12.0. The van der Waals surface area contributed by atoms with Crippen molar-refractivity contribution in [2.45, 2.75) is 130 Å². The highest BCUT2D eigenvalue weighted by Gasteiger charge is 2.52. The molecule has 2 aliphatic carbocycles. The van der Waals surface area contributed by atoms with E-state index in [2.05, 4.69) is 48.5 Å². The molecule has 0 bridgehead atoms. The van der Waals surface area contributed by atoms with Gasteiger partial charge in [-0.3, -0.25) is 0 Å². The predicted molar refractivity (Wildman–Crippen MR) is 120 cm³/mol. The SMILES string of the molecule is CC[Si](CC)(CC)OC(C)(C)CCC[C@H](C)[C@H]1CC[C@H]2[C@@H](O)CCC[C@]12C. The van der Waals surface area contributed by atoms with Gasteiger partial charge in [0, 0.05) is 0 Å². The van der Waals surface area contributed by atoms with E-state index < -0.39 is 8.32 Å². The van der Waals surface area contributed by atoms with Gasteiger partial charge in [0.15, 0.2) is 8.32 Å². The van der Waals surface area contributed by atoms with Crippen LogP contribution in [0.2, 0.25) is 18.1 Å². The van der Waals surface area contributed by atoms with Crippen molar-refractivity contribution < 1.29 is 9.53 Å². The van der Waals surface area contributed by atoms with Gasteiger partial charge in [0.2, 0.25) is 0 Å². The lowest BCUT2D eigenvalue weighted by molar-refractivity contribution is -0.0282. The van der Waals surface area contributed by atoms with Crippen molar-refractivity contribution in [3.63, 3.8) is 0 Å². The summed E-state index contributed by atoms with van der Waals surface area (Å²) in [5.41, 5.74) is 0.412. The molecule has 2 rings (SSSR count). The Bertz CT molecular complexity index is 451. The number of aliphatic hydroxyl groups is 1. The molecular formula is C24H48O2Si. The summed E-state index contributed by atoms with van der Waals surface area (Å²) in [6.45, 7) is 16.6. The molecule has 0 amide bonds. The molecule has 0 aromatic carbocycles. The highest BCUT2D eigenvalue weighted by molar-refractivity contribution is 6.73. The third kappa shape index (κ3) is 5.20. The van der Waals surface area contributed by atoms with Crippen LogP contribution < -0.4 is 0 Å². The van der Waals surface area contributed by atoms with Crippen LogP contribution in [-0.2, 0) is 4.43 Å². The van der Waals surface area contributed by atoms with E-state index in [9.17, 15) is 5.11 Å². The molecule has 0 aromatic rings. The first-order chi connectivity index (χ1) is 12.6. The zero-order chi connectivity index (χ0) is 20.3. The molecule has 160 valence electrons. The number of hydrogen-bond donors (Lipinski definition) is 1. The van der Waals surface area contributed by atoms with E-state index in [-0.39, 0.29) is 11.7 Å². The molecule has 0 spiro atoms. The summed E-state index contributed by atoms with van der Waals surface area (Å²) >= 11 is 0. The second kappa shape index (κ2) is 9.30. The van der Waals surface area contributed by atoms with Gasteiger partial charge < -0.3 is 9.53 Å². The van der Waals surface area contributed by atoms with E-state index in [1.54, 1.807) is 0 Å². The third-order valence-electron chi connectivity index (χ3n) is 8.71. The van der Waals surface area contributed by atoms with Crippen LogP contribution in [0.5, 0.6) is 0 Å². The van der Waals surface area contributed by atoms with Gasteiger partial charge in [0.05, 0.1) is 11.7 Å². The molecule has 0 unspecified atom stereocenters. The smallest absolute Gasteiger partial charge is 0.192 e.